The smallest absolute Gasteiger partial charge is 0.211 e. The van der Waals surface area contributed by atoms with Crippen LogP contribution in [0.2, 0.25) is 0 Å². The molecule has 64 valence electrons. The van der Waals surface area contributed by atoms with E-state index in [1.165, 1.54) is 0 Å². The fourth-order valence-corrected chi connectivity index (χ4v) is 2.26. The predicted octanol–water partition coefficient (Wildman–Crippen LogP) is 0.171. The molecule has 0 spiro atoms. The van der Waals surface area contributed by atoms with Gasteiger partial charge in [-0.2, -0.15) is 0 Å². The van der Waals surface area contributed by atoms with Crippen LogP contribution in [0.4, 0.5) is 0 Å². The summed E-state index contributed by atoms with van der Waals surface area (Å²) in [5, 5.41) is 4.64. The fourth-order valence-electron chi connectivity index (χ4n) is 2.26. The van der Waals surface area contributed by atoms with E-state index >= 15 is 0 Å². The van der Waals surface area contributed by atoms with Crippen LogP contribution < -0.4 is 0 Å². The Morgan fingerprint density at radius 2 is 2.73 bits per heavy atom. The Morgan fingerprint density at radius 3 is 3.27 bits per heavy atom. The molecule has 2 heterocycles. The number of aliphatic hydroxyl groups is 1. The zero-order valence-electron chi connectivity index (χ0n) is 7.87. The predicted molar refractivity (Wildman–Crippen MR) is 39.3 cm³/mol. The Morgan fingerprint density at radius 1 is 1.91 bits per heavy atom. The molecule has 2 aliphatic heterocycles. The quantitative estimate of drug-likeness (QED) is 0.639. The molecule has 4 atom stereocenters. The highest BCUT2D eigenvalue weighted by molar-refractivity contribution is 5.12. The van der Waals surface area contributed by atoms with E-state index in [1.54, 1.807) is 7.11 Å². The fraction of sp³-hybridized carbons (Fsp3) is 1.00. The van der Waals surface area contributed by atoms with Gasteiger partial charge in [-0.3, -0.25) is 0 Å². The number of fused-ring (bicyclic) bond motifs is 1. The molecule has 1 N–H and O–H groups in total. The van der Waals surface area contributed by atoms with Gasteiger partial charge in [0, 0.05) is 13.0 Å². The summed E-state index contributed by atoms with van der Waals surface area (Å²) in [5.74, 6) is 0.401. The van der Waals surface area contributed by atoms with Crippen LogP contribution in [0.1, 0.15) is 13.3 Å². The van der Waals surface area contributed by atoms with E-state index in [4.69, 9.17) is 10.9 Å². The topological polar surface area (TPSA) is 38.7 Å². The van der Waals surface area contributed by atoms with E-state index in [1.807, 2.05) is 6.92 Å². The molecule has 0 aromatic carbocycles. The van der Waals surface area contributed by atoms with Crippen molar-refractivity contribution in [3.8, 4) is 0 Å². The van der Waals surface area contributed by atoms with Crippen molar-refractivity contribution < 1.29 is 14.6 Å². The average Bonchev–Trinajstić information content (AvgIpc) is 2.42. The molecule has 3 heteroatoms. The van der Waals surface area contributed by atoms with E-state index in [0.29, 0.717) is 12.5 Å². The standard InChI is InChI=1S/C8H14O3/c1-5-6-3-8(11-5,4-10-2)7(6)9/h5-7,9H,3-4H2,1-2H3/t5-,6-,7-,8+/m0/s1/i9T. The van der Waals surface area contributed by atoms with Crippen LogP contribution in [0, 0.1) is 5.92 Å². The SMILES string of the molecule is [3H]O[C@H]1[C@H]2C[C@]1(COC)O[C@H]2C. The molecule has 11 heavy (non-hydrogen) atoms. The van der Waals surface area contributed by atoms with Crippen molar-refractivity contribution >= 4 is 0 Å². The first-order chi connectivity index (χ1) is 5.73. The number of aliphatic hydroxyl groups excluding tert-OH is 1. The maximum absolute atomic E-state index is 6.92. The maximum Gasteiger partial charge on any atom is 0.211 e. The third-order valence-electron chi connectivity index (χ3n) is 2.90. The van der Waals surface area contributed by atoms with Crippen LogP contribution in [-0.2, 0) is 9.47 Å². The van der Waals surface area contributed by atoms with E-state index < -0.39 is 0 Å². The molecule has 0 unspecified atom stereocenters. The van der Waals surface area contributed by atoms with Gasteiger partial charge < -0.3 is 14.6 Å². The summed E-state index contributed by atoms with van der Waals surface area (Å²) in [7, 11) is 1.65. The number of hydrogen-bond donors (Lipinski definition) is 1. The molecule has 3 rings (SSSR count). The van der Waals surface area contributed by atoms with Gasteiger partial charge in [-0.1, -0.05) is 0 Å². The molecule has 1 aliphatic carbocycles. The highest BCUT2D eigenvalue weighted by Crippen LogP contribution is 2.52. The minimum atomic E-state index is -0.305. The van der Waals surface area contributed by atoms with Crippen LogP contribution in [-0.4, -0.2) is 38.1 Å². The van der Waals surface area contributed by atoms with Crippen molar-refractivity contribution in [3.05, 3.63) is 0 Å². The van der Waals surface area contributed by atoms with Gasteiger partial charge in [-0.15, -0.1) is 0 Å². The van der Waals surface area contributed by atoms with Crippen LogP contribution in [0.25, 0.3) is 0 Å². The van der Waals surface area contributed by atoms with E-state index in [2.05, 4.69) is 5.11 Å². The van der Waals surface area contributed by atoms with Crippen molar-refractivity contribution in [1.82, 2.24) is 0 Å². The molecule has 2 bridgehead atoms. The highest BCUT2D eigenvalue weighted by Gasteiger charge is 2.63. The highest BCUT2D eigenvalue weighted by atomic mass is 16.6. The first-order valence-electron chi connectivity index (χ1n) is 4.43. The van der Waals surface area contributed by atoms with Crippen molar-refractivity contribution in [2.75, 3.05) is 13.7 Å². The van der Waals surface area contributed by atoms with Gasteiger partial charge in [0.25, 0.3) is 0 Å². The Hall–Kier alpha value is -0.120. The Kier molecular flexibility index (Phi) is 1.27. The van der Waals surface area contributed by atoms with Crippen molar-refractivity contribution in [3.63, 3.8) is 0 Å². The van der Waals surface area contributed by atoms with Gasteiger partial charge >= 0.3 is 0 Å². The van der Waals surface area contributed by atoms with Gasteiger partial charge in [0.05, 0.1) is 18.8 Å². The molecule has 0 radical (unpaired) electrons. The molecule has 0 aromatic heterocycles. The molecule has 0 aromatic rings. The van der Waals surface area contributed by atoms with E-state index in [9.17, 15) is 0 Å². The third kappa shape index (κ3) is 0.789. The lowest BCUT2D eigenvalue weighted by Crippen LogP contribution is -2.55. The monoisotopic (exact) mass is 160 g/mol. The molecule has 3 fully saturated rings. The molecule has 3 nitrogen and oxygen atoms in total. The minimum Gasteiger partial charge on any atom is -0.390 e. The summed E-state index contributed by atoms with van der Waals surface area (Å²) in [6.45, 7) is 2.57. The van der Waals surface area contributed by atoms with Crippen LogP contribution in [0.5, 0.6) is 0 Å². The summed E-state index contributed by atoms with van der Waals surface area (Å²) >= 11 is 0. The summed E-state index contributed by atoms with van der Waals surface area (Å²) in [5.41, 5.74) is -0.305. The first kappa shape index (κ1) is 6.40. The van der Waals surface area contributed by atoms with Gasteiger partial charge in [-0.05, 0) is 13.3 Å². The molecule has 3 aliphatic rings. The Balaban J connectivity index is 2.08. The number of hydrogen-bond acceptors (Lipinski definition) is 3. The van der Waals surface area contributed by atoms with Crippen molar-refractivity contribution in [2.24, 2.45) is 5.92 Å². The Labute approximate surface area is 67.8 Å². The first-order valence-corrected chi connectivity index (χ1v) is 4.02. The van der Waals surface area contributed by atoms with Gasteiger partial charge in [0.15, 0.2) is 0 Å². The molecular formula is C8H14O3. The van der Waals surface area contributed by atoms with Crippen molar-refractivity contribution in [1.29, 1.82) is 1.43 Å². The number of rotatable bonds is 3. The minimum absolute atomic E-state index is 0.0764. The summed E-state index contributed by atoms with van der Waals surface area (Å²) in [6, 6.07) is 0. The second-order valence-electron chi connectivity index (χ2n) is 3.61. The van der Waals surface area contributed by atoms with Crippen molar-refractivity contribution in [2.45, 2.75) is 31.2 Å². The lowest BCUT2D eigenvalue weighted by atomic mass is 9.70. The summed E-state index contributed by atoms with van der Waals surface area (Å²) < 4.78 is 17.7. The van der Waals surface area contributed by atoms with Crippen LogP contribution >= 0.6 is 0 Å². The Bertz CT molecular complexity index is 183. The number of ether oxygens (including phenoxy) is 2. The lowest BCUT2D eigenvalue weighted by Gasteiger charge is -2.40. The van der Waals surface area contributed by atoms with Crippen LogP contribution in [0.15, 0.2) is 0 Å². The average molecular weight is 160 g/mol. The second-order valence-corrected chi connectivity index (χ2v) is 3.61. The second kappa shape index (κ2) is 2.19. The van der Waals surface area contributed by atoms with Gasteiger partial charge in [0.2, 0.25) is 1.43 Å². The lowest BCUT2D eigenvalue weighted by molar-refractivity contribution is -0.143. The third-order valence-corrected chi connectivity index (χ3v) is 2.90. The molecule has 0 amide bonds. The van der Waals surface area contributed by atoms with E-state index in [0.717, 1.165) is 6.42 Å². The maximum atomic E-state index is 6.92. The van der Waals surface area contributed by atoms with Crippen LogP contribution in [0.3, 0.4) is 0 Å². The summed E-state index contributed by atoms with van der Waals surface area (Å²) in [6.07, 6.45) is 1.12. The van der Waals surface area contributed by atoms with Gasteiger partial charge in [-0.25, -0.2) is 0 Å². The number of methoxy groups -OCH3 is 1. The summed E-state index contributed by atoms with van der Waals surface area (Å²) in [4.78, 5) is 0. The zero-order chi connectivity index (χ0) is 8.77. The normalized spacial score (nSPS) is 55.5. The van der Waals surface area contributed by atoms with Gasteiger partial charge in [0.1, 0.15) is 5.60 Å². The molecule has 1 saturated carbocycles. The van der Waals surface area contributed by atoms with E-state index in [-0.39, 0.29) is 17.8 Å². The molecule has 2 saturated heterocycles. The largest absolute Gasteiger partial charge is 0.390 e. The molecular weight excluding hydrogens is 144 g/mol. The zero-order valence-corrected chi connectivity index (χ0v) is 6.87.